The predicted molar refractivity (Wildman–Crippen MR) is 128 cm³/mol. The predicted octanol–water partition coefficient (Wildman–Crippen LogP) is 3.73. The number of aromatic nitrogens is 2. The Morgan fingerprint density at radius 2 is 1.88 bits per heavy atom. The molecular weight excluding hydrogens is 454 g/mol. The van der Waals surface area contributed by atoms with E-state index >= 15 is 0 Å². The van der Waals surface area contributed by atoms with Crippen LogP contribution in [0.4, 0.5) is 10.9 Å². The highest BCUT2D eigenvalue weighted by atomic mass is 32.1. The quantitative estimate of drug-likeness (QED) is 0.534. The fourth-order valence-electron chi connectivity index (χ4n) is 3.78. The highest BCUT2D eigenvalue weighted by molar-refractivity contribution is 7.16. The molecule has 0 bridgehead atoms. The molecule has 10 heteroatoms. The van der Waals surface area contributed by atoms with Crippen molar-refractivity contribution in [2.75, 3.05) is 37.5 Å². The van der Waals surface area contributed by atoms with Crippen molar-refractivity contribution in [1.29, 1.82) is 5.26 Å². The third kappa shape index (κ3) is 5.00. The third-order valence-corrected chi connectivity index (χ3v) is 6.55. The lowest BCUT2D eigenvalue weighted by molar-refractivity contribution is -0.146. The van der Waals surface area contributed by atoms with Gasteiger partial charge in [-0.05, 0) is 49.2 Å². The van der Waals surface area contributed by atoms with E-state index in [4.69, 9.17) is 9.47 Å². The van der Waals surface area contributed by atoms with Crippen LogP contribution in [-0.2, 0) is 9.53 Å². The van der Waals surface area contributed by atoms with Crippen LogP contribution in [0.25, 0.3) is 11.3 Å². The number of carbonyl (C=O) groups excluding carboxylic acids is 2. The monoisotopic (exact) mass is 477 g/mol. The van der Waals surface area contributed by atoms with Crippen LogP contribution in [0.15, 0.2) is 42.6 Å². The van der Waals surface area contributed by atoms with Crippen molar-refractivity contribution in [3.63, 3.8) is 0 Å². The Balaban J connectivity index is 1.42. The van der Waals surface area contributed by atoms with Gasteiger partial charge in [0.05, 0.1) is 25.7 Å². The number of amides is 1. The highest BCUT2D eigenvalue weighted by Gasteiger charge is 2.26. The van der Waals surface area contributed by atoms with Gasteiger partial charge in [0.1, 0.15) is 28.2 Å². The molecule has 174 valence electrons. The largest absolute Gasteiger partial charge is 0.497 e. The van der Waals surface area contributed by atoms with Crippen LogP contribution < -0.4 is 15.0 Å². The Kier molecular flexibility index (Phi) is 7.04. The van der Waals surface area contributed by atoms with Crippen molar-refractivity contribution in [3.8, 4) is 23.1 Å². The molecule has 0 unspecified atom stereocenters. The molecule has 1 N–H and O–H groups in total. The average Bonchev–Trinajstić information content (AvgIpc) is 3.31. The topological polar surface area (TPSA) is 117 Å². The number of nitriles is 1. The molecule has 0 spiro atoms. The SMILES string of the molecule is COC(=O)C1CCN(c2ccc(C(=O)Nc3nc(-c4ccc(OC)cc4)c(C#N)s3)cn2)CC1. The van der Waals surface area contributed by atoms with E-state index in [2.05, 4.69) is 26.3 Å². The molecule has 1 saturated heterocycles. The van der Waals surface area contributed by atoms with Crippen LogP contribution in [0, 0.1) is 17.2 Å². The minimum atomic E-state index is -0.358. The Bertz CT molecular complexity index is 1210. The number of benzene rings is 1. The maximum atomic E-state index is 12.7. The summed E-state index contributed by atoms with van der Waals surface area (Å²) in [5.74, 6) is 0.850. The zero-order valence-corrected chi connectivity index (χ0v) is 19.6. The number of anilines is 2. The zero-order valence-electron chi connectivity index (χ0n) is 18.8. The van der Waals surface area contributed by atoms with E-state index in [-0.39, 0.29) is 17.8 Å². The third-order valence-electron chi connectivity index (χ3n) is 5.68. The van der Waals surface area contributed by atoms with Crippen molar-refractivity contribution in [3.05, 3.63) is 53.0 Å². The van der Waals surface area contributed by atoms with Crippen molar-refractivity contribution in [1.82, 2.24) is 9.97 Å². The van der Waals surface area contributed by atoms with Crippen molar-refractivity contribution in [2.45, 2.75) is 12.8 Å². The number of hydrogen-bond donors (Lipinski definition) is 1. The molecule has 0 aliphatic carbocycles. The number of nitrogens with zero attached hydrogens (tertiary/aromatic N) is 4. The standard InChI is InChI=1S/C24H23N5O4S/c1-32-18-6-3-15(4-7-18)21-19(13-25)34-24(27-21)28-22(30)17-5-8-20(26-14-17)29-11-9-16(10-12-29)23(31)33-2/h3-8,14,16H,9-12H2,1-2H3,(H,27,28,30). The molecule has 3 heterocycles. The van der Waals surface area contributed by atoms with Gasteiger partial charge in [0.25, 0.3) is 5.91 Å². The first kappa shape index (κ1) is 23.2. The molecule has 34 heavy (non-hydrogen) atoms. The van der Waals surface area contributed by atoms with E-state index < -0.39 is 0 Å². The molecule has 9 nitrogen and oxygen atoms in total. The Labute approximate surface area is 201 Å². The Morgan fingerprint density at radius 1 is 1.15 bits per heavy atom. The number of rotatable bonds is 6. The normalized spacial score (nSPS) is 13.7. The van der Waals surface area contributed by atoms with E-state index in [0.717, 1.165) is 22.7 Å². The number of nitrogens with one attached hydrogen (secondary N) is 1. The molecule has 0 atom stereocenters. The minimum Gasteiger partial charge on any atom is -0.497 e. The lowest BCUT2D eigenvalue weighted by atomic mass is 9.97. The first-order valence-electron chi connectivity index (χ1n) is 10.7. The first-order chi connectivity index (χ1) is 16.5. The summed E-state index contributed by atoms with van der Waals surface area (Å²) in [5, 5.41) is 12.6. The first-order valence-corrected chi connectivity index (χ1v) is 11.5. The van der Waals surface area contributed by atoms with Gasteiger partial charge < -0.3 is 14.4 Å². The maximum Gasteiger partial charge on any atom is 0.308 e. The molecule has 1 aromatic carbocycles. The average molecular weight is 478 g/mol. The second-order valence-corrected chi connectivity index (χ2v) is 8.68. The van der Waals surface area contributed by atoms with Crippen LogP contribution in [-0.4, -0.2) is 49.2 Å². The summed E-state index contributed by atoms with van der Waals surface area (Å²) >= 11 is 1.12. The number of piperidine rings is 1. The van der Waals surface area contributed by atoms with Crippen molar-refractivity contribution >= 4 is 34.2 Å². The number of methoxy groups -OCH3 is 2. The fourth-order valence-corrected chi connectivity index (χ4v) is 4.56. The summed E-state index contributed by atoms with van der Waals surface area (Å²) < 4.78 is 9.99. The van der Waals surface area contributed by atoms with E-state index in [9.17, 15) is 14.9 Å². The summed E-state index contributed by atoms with van der Waals surface area (Å²) in [6.07, 6.45) is 2.93. The van der Waals surface area contributed by atoms with E-state index in [1.807, 2.05) is 12.1 Å². The summed E-state index contributed by atoms with van der Waals surface area (Å²) in [6.45, 7) is 1.39. The Hall–Kier alpha value is -3.97. The van der Waals surface area contributed by atoms with Gasteiger partial charge in [0, 0.05) is 24.8 Å². The second kappa shape index (κ2) is 10.3. The van der Waals surface area contributed by atoms with Crippen molar-refractivity contribution in [2.24, 2.45) is 5.92 Å². The van der Waals surface area contributed by atoms with Crippen LogP contribution in [0.5, 0.6) is 5.75 Å². The van der Waals surface area contributed by atoms with Gasteiger partial charge in [-0.3, -0.25) is 14.9 Å². The van der Waals surface area contributed by atoms with Gasteiger partial charge in [0.15, 0.2) is 5.13 Å². The van der Waals surface area contributed by atoms with Gasteiger partial charge in [-0.15, -0.1) is 0 Å². The molecule has 1 aliphatic heterocycles. The van der Waals surface area contributed by atoms with Crippen LogP contribution in [0.3, 0.4) is 0 Å². The number of esters is 1. The van der Waals surface area contributed by atoms with Gasteiger partial charge in [0.2, 0.25) is 0 Å². The second-order valence-electron chi connectivity index (χ2n) is 7.68. The molecule has 1 aliphatic rings. The number of carbonyl (C=O) groups is 2. The van der Waals surface area contributed by atoms with Gasteiger partial charge in [-0.25, -0.2) is 9.97 Å². The van der Waals surface area contributed by atoms with Crippen LogP contribution in [0.2, 0.25) is 0 Å². The Morgan fingerprint density at radius 3 is 2.47 bits per heavy atom. The molecule has 0 saturated carbocycles. The summed E-state index contributed by atoms with van der Waals surface area (Å²) in [6, 6.07) is 12.8. The molecular formula is C24H23N5O4S. The molecule has 1 fully saturated rings. The highest BCUT2D eigenvalue weighted by Crippen LogP contribution is 2.32. The number of pyridine rings is 1. The molecule has 2 aromatic heterocycles. The lowest BCUT2D eigenvalue weighted by Gasteiger charge is -2.31. The number of thiazole rings is 1. The van der Waals surface area contributed by atoms with E-state index in [1.165, 1.54) is 13.3 Å². The number of ether oxygens (including phenoxy) is 2. The summed E-state index contributed by atoms with van der Waals surface area (Å²) in [7, 11) is 2.99. The number of hydrogen-bond acceptors (Lipinski definition) is 9. The van der Waals surface area contributed by atoms with Crippen molar-refractivity contribution < 1.29 is 19.1 Å². The fraction of sp³-hybridized carbons (Fsp3) is 0.292. The molecule has 3 aromatic rings. The van der Waals surface area contributed by atoms with Crippen LogP contribution >= 0.6 is 11.3 Å². The lowest BCUT2D eigenvalue weighted by Crippen LogP contribution is -2.37. The maximum absolute atomic E-state index is 12.7. The van der Waals surface area contributed by atoms with Crippen LogP contribution in [0.1, 0.15) is 28.1 Å². The van der Waals surface area contributed by atoms with Gasteiger partial charge in [-0.1, -0.05) is 11.3 Å². The minimum absolute atomic E-state index is 0.0781. The molecule has 1 amide bonds. The van der Waals surface area contributed by atoms with E-state index in [1.54, 1.807) is 31.4 Å². The van der Waals surface area contributed by atoms with Gasteiger partial charge in [-0.2, -0.15) is 5.26 Å². The molecule has 4 rings (SSSR count). The smallest absolute Gasteiger partial charge is 0.308 e. The summed E-state index contributed by atoms with van der Waals surface area (Å²) in [4.78, 5) is 35.8. The summed E-state index contributed by atoms with van der Waals surface area (Å²) in [5.41, 5.74) is 1.65. The van der Waals surface area contributed by atoms with E-state index in [0.29, 0.717) is 52.9 Å². The zero-order chi connectivity index (χ0) is 24.1. The molecule has 0 radical (unpaired) electrons. The van der Waals surface area contributed by atoms with Gasteiger partial charge >= 0.3 is 5.97 Å².